The van der Waals surface area contributed by atoms with Gasteiger partial charge in [-0.05, 0) is 67.3 Å². The van der Waals surface area contributed by atoms with E-state index in [9.17, 15) is 16.8 Å². The number of benzene rings is 6. The molecule has 2 fully saturated rings. The molecule has 0 aliphatic carbocycles. The van der Waals surface area contributed by atoms with Crippen molar-refractivity contribution in [2.24, 2.45) is 0 Å². The van der Waals surface area contributed by atoms with Crippen LogP contribution < -0.4 is 25.0 Å². The van der Waals surface area contributed by atoms with Gasteiger partial charge in [0.15, 0.2) is 0 Å². The molecule has 0 saturated carbocycles. The van der Waals surface area contributed by atoms with Gasteiger partial charge in [-0.15, -0.1) is 0 Å². The number of aryl methyl sites for hydroxylation is 1. The van der Waals surface area contributed by atoms with Gasteiger partial charge in [-0.25, -0.2) is 26.8 Å². The van der Waals surface area contributed by atoms with Crippen LogP contribution in [0.15, 0.2) is 180 Å². The number of hydrogen-bond acceptors (Lipinski definition) is 10. The fourth-order valence-electron chi connectivity index (χ4n) is 8.52. The minimum Gasteiger partial charge on any atom is -0.497 e. The van der Waals surface area contributed by atoms with E-state index in [4.69, 9.17) is 26.1 Å². The number of anilines is 4. The van der Waals surface area contributed by atoms with Crippen LogP contribution in [0.4, 0.5) is 23.0 Å². The Morgan fingerprint density at radius 1 is 0.591 bits per heavy atom. The van der Waals surface area contributed by atoms with E-state index in [-0.39, 0.29) is 9.79 Å². The summed E-state index contributed by atoms with van der Waals surface area (Å²) >= 11 is 0. The predicted octanol–water partition coefficient (Wildman–Crippen LogP) is 10.8. The summed E-state index contributed by atoms with van der Waals surface area (Å²) in [5, 5.41) is 4.00. The minimum atomic E-state index is -3.77. The Labute approximate surface area is 391 Å². The van der Waals surface area contributed by atoms with Gasteiger partial charge in [-0.1, -0.05) is 127 Å². The summed E-state index contributed by atoms with van der Waals surface area (Å²) in [7, 11) is -0.685. The molecular formula is C52H51ClN6O5S2. The molecule has 8 aromatic rings. The van der Waals surface area contributed by atoms with Gasteiger partial charge in [-0.2, -0.15) is 0 Å². The fourth-order valence-corrected chi connectivity index (χ4v) is 10.4. The average molecular weight is 940 g/mol. The molecule has 0 bridgehead atoms. The van der Waals surface area contributed by atoms with Crippen LogP contribution in [0.5, 0.6) is 5.75 Å². The summed E-state index contributed by atoms with van der Waals surface area (Å²) in [4.78, 5) is 14.3. The third-order valence-corrected chi connectivity index (χ3v) is 14.8. The van der Waals surface area contributed by atoms with Crippen LogP contribution in [0.25, 0.3) is 21.5 Å². The van der Waals surface area contributed by atoms with Crippen LogP contribution in [-0.4, -0.2) is 60.1 Å². The maximum Gasteiger partial charge on any atom is 0.261 e. The average Bonchev–Trinajstić information content (AvgIpc) is 4.05. The number of methoxy groups -OCH3 is 1. The van der Waals surface area contributed by atoms with Gasteiger partial charge >= 0.3 is 0 Å². The second kappa shape index (κ2) is 20.2. The molecule has 2 atom stereocenters. The van der Waals surface area contributed by atoms with Crippen molar-refractivity contribution in [3.05, 3.63) is 187 Å². The first-order valence-electron chi connectivity index (χ1n) is 21.7. The first-order valence-corrected chi connectivity index (χ1v) is 25.5. The topological polar surface area (TPSA) is 148 Å². The van der Waals surface area contributed by atoms with Crippen molar-refractivity contribution in [3.63, 3.8) is 0 Å². The molecule has 0 spiro atoms. The van der Waals surface area contributed by atoms with E-state index >= 15 is 0 Å². The van der Waals surface area contributed by atoms with Gasteiger partial charge in [0.1, 0.15) is 17.4 Å². The van der Waals surface area contributed by atoms with Gasteiger partial charge in [0.25, 0.3) is 19.1 Å². The van der Waals surface area contributed by atoms with E-state index in [0.717, 1.165) is 77.0 Å². The Bertz CT molecular complexity index is 3150. The van der Waals surface area contributed by atoms with Gasteiger partial charge in [0, 0.05) is 70.2 Å². The molecule has 338 valence electrons. The van der Waals surface area contributed by atoms with Gasteiger partial charge in [0.05, 0.1) is 40.7 Å². The van der Waals surface area contributed by atoms with E-state index in [0.29, 0.717) is 23.3 Å². The lowest BCUT2D eigenvalue weighted by molar-refractivity contribution is 0.414. The Hall–Kier alpha value is -6.67. The van der Waals surface area contributed by atoms with Crippen molar-refractivity contribution in [3.8, 4) is 5.75 Å². The number of pyridine rings is 2. The zero-order valence-electron chi connectivity index (χ0n) is 36.7. The normalized spacial score (nSPS) is 16.0. The lowest BCUT2D eigenvalue weighted by atomic mass is 9.99. The van der Waals surface area contributed by atoms with E-state index < -0.39 is 19.1 Å². The van der Waals surface area contributed by atoms with Crippen molar-refractivity contribution in [2.45, 2.75) is 41.4 Å². The predicted molar refractivity (Wildman–Crippen MR) is 268 cm³/mol. The standard InChI is InChI=1S/C26H25N3O3S.C19H19N3.C7H7ClO2S/c1-32-21-11-13-22(14-12-21)33(30,31)28-25-17-27-26(24-10-6-5-9-23(24)25)29-16-15-20(18-29)19-7-3-2-4-8-19;20-18-12-21-19(17-9-5-4-8-16(17)18)22-11-10-15(13-22)14-6-2-1-3-7-14;1-6-2-4-7(5-3-6)11(8,9)10/h2-14,17,20,28H,15-16,18H2,1H3;1-9,12,15H,10-11,13,20H2;2-5H,1H3/t20-;15-;/m11./s1. The number of nitrogens with zero attached hydrogens (tertiary/aromatic N) is 4. The molecule has 4 heterocycles. The highest BCUT2D eigenvalue weighted by atomic mass is 35.7. The minimum absolute atomic E-state index is 0.143. The number of nitrogens with two attached hydrogens (primary N) is 1. The van der Waals surface area contributed by atoms with Crippen molar-refractivity contribution in [2.75, 3.05) is 53.5 Å². The SMILES string of the molecule is COc1ccc(S(=O)(=O)Nc2cnc(N3CC[C@@H](c4ccccc4)C3)c3ccccc23)cc1.Cc1ccc(S(=O)(=O)Cl)cc1.Nc1cnc(N2CC[C@@H](c3ccccc3)C2)c2ccccc12. The van der Waals surface area contributed by atoms with Crippen LogP contribution in [0.2, 0.25) is 0 Å². The molecule has 6 aromatic carbocycles. The second-order valence-corrected chi connectivity index (χ2v) is 20.6. The molecule has 2 saturated heterocycles. The van der Waals surface area contributed by atoms with Crippen molar-refractivity contribution in [1.82, 2.24) is 9.97 Å². The number of halogens is 1. The van der Waals surface area contributed by atoms with Crippen LogP contribution >= 0.6 is 10.7 Å². The van der Waals surface area contributed by atoms with Crippen molar-refractivity contribution in [1.29, 1.82) is 0 Å². The number of aromatic nitrogens is 2. The molecule has 2 aliphatic rings. The summed E-state index contributed by atoms with van der Waals surface area (Å²) < 4.78 is 55.3. The summed E-state index contributed by atoms with van der Waals surface area (Å²) in [6.45, 7) is 5.74. The first-order chi connectivity index (χ1) is 31.9. The number of fused-ring (bicyclic) bond motifs is 2. The van der Waals surface area contributed by atoms with Gasteiger partial charge in [-0.3, -0.25) is 4.72 Å². The smallest absolute Gasteiger partial charge is 0.261 e. The van der Waals surface area contributed by atoms with Crippen molar-refractivity contribution < 1.29 is 21.6 Å². The van der Waals surface area contributed by atoms with Crippen LogP contribution in [-0.2, 0) is 19.1 Å². The van der Waals surface area contributed by atoms with E-state index in [1.807, 2.05) is 43.3 Å². The number of hydrogen-bond donors (Lipinski definition) is 2. The summed E-state index contributed by atoms with van der Waals surface area (Å²) in [6, 6.07) is 50.1. The molecule has 2 aromatic heterocycles. The number of ether oxygens (including phenoxy) is 1. The molecule has 0 amide bonds. The summed E-state index contributed by atoms with van der Waals surface area (Å²) in [5.74, 6) is 3.59. The zero-order valence-corrected chi connectivity index (χ0v) is 39.1. The van der Waals surface area contributed by atoms with Crippen LogP contribution in [0, 0.1) is 6.92 Å². The molecule has 14 heteroatoms. The van der Waals surface area contributed by atoms with Crippen LogP contribution in [0.3, 0.4) is 0 Å². The lowest BCUT2D eigenvalue weighted by Gasteiger charge is -2.21. The molecule has 66 heavy (non-hydrogen) atoms. The summed E-state index contributed by atoms with van der Waals surface area (Å²) in [5.41, 5.74) is 11.0. The molecule has 10 rings (SSSR count). The molecule has 0 radical (unpaired) electrons. The van der Waals surface area contributed by atoms with E-state index in [1.54, 1.807) is 43.8 Å². The quantitative estimate of drug-likeness (QED) is 0.134. The Morgan fingerprint density at radius 2 is 1.05 bits per heavy atom. The molecule has 11 nitrogen and oxygen atoms in total. The molecular weight excluding hydrogens is 888 g/mol. The highest BCUT2D eigenvalue weighted by Crippen LogP contribution is 2.37. The number of nitrogen functional groups attached to an aromatic ring is 1. The molecule has 0 unspecified atom stereocenters. The third kappa shape index (κ3) is 10.7. The zero-order chi connectivity index (χ0) is 46.3. The number of sulfonamides is 1. The van der Waals surface area contributed by atoms with Gasteiger partial charge in [0.2, 0.25) is 0 Å². The van der Waals surface area contributed by atoms with Crippen LogP contribution in [0.1, 0.15) is 41.4 Å². The lowest BCUT2D eigenvalue weighted by Crippen LogP contribution is -2.21. The highest BCUT2D eigenvalue weighted by Gasteiger charge is 2.28. The highest BCUT2D eigenvalue weighted by molar-refractivity contribution is 8.13. The Morgan fingerprint density at radius 3 is 1.56 bits per heavy atom. The first kappa shape index (κ1) is 45.9. The maximum atomic E-state index is 13.0. The fraction of sp³-hybridized carbons (Fsp3) is 0.192. The Balaban J connectivity index is 0.000000153. The largest absolute Gasteiger partial charge is 0.497 e. The van der Waals surface area contributed by atoms with E-state index in [2.05, 4.69) is 92.3 Å². The number of rotatable bonds is 9. The third-order valence-electron chi connectivity index (χ3n) is 12.0. The second-order valence-electron chi connectivity index (χ2n) is 16.3. The van der Waals surface area contributed by atoms with Gasteiger partial charge < -0.3 is 20.3 Å². The van der Waals surface area contributed by atoms with E-state index in [1.165, 1.54) is 41.8 Å². The Kier molecular flexibility index (Phi) is 14.1. The van der Waals surface area contributed by atoms with Crippen molar-refractivity contribution >= 4 is 74.3 Å². The number of nitrogens with one attached hydrogen (secondary N) is 1. The monoisotopic (exact) mass is 938 g/mol. The molecule has 3 N–H and O–H groups in total. The molecule has 2 aliphatic heterocycles. The summed E-state index contributed by atoms with van der Waals surface area (Å²) in [6.07, 6.45) is 5.64. The maximum absolute atomic E-state index is 13.0.